The van der Waals surface area contributed by atoms with E-state index in [0.29, 0.717) is 26.2 Å². The second-order valence-corrected chi connectivity index (χ2v) is 6.97. The van der Waals surface area contributed by atoms with Crippen LogP contribution in [0, 0.1) is 0 Å². The number of rotatable bonds is 23. The Bertz CT molecular complexity index is 337. The van der Waals surface area contributed by atoms with Crippen molar-refractivity contribution in [2.24, 2.45) is 27.9 Å². The molecule has 0 aromatic heterocycles. The van der Waals surface area contributed by atoms with Crippen LogP contribution in [0.5, 0.6) is 0 Å². The molecule has 0 aliphatic rings. The Kier molecular flexibility index (Phi) is 23.0. The summed E-state index contributed by atoms with van der Waals surface area (Å²) in [7, 11) is 0. The van der Waals surface area contributed by atoms with Crippen molar-refractivity contribution in [2.75, 3.05) is 111 Å². The Balaban J connectivity index is 3.70. The first-order valence-corrected chi connectivity index (χ1v) is 11.1. The molecule has 174 valence electrons. The Morgan fingerprint density at radius 3 is 1.62 bits per heavy atom. The summed E-state index contributed by atoms with van der Waals surface area (Å²) in [6.45, 7) is 14.8. The molecule has 0 aliphatic carbocycles. The van der Waals surface area contributed by atoms with E-state index in [9.17, 15) is 0 Å². The van der Waals surface area contributed by atoms with Gasteiger partial charge in [-0.1, -0.05) is 0 Å². The van der Waals surface area contributed by atoms with E-state index in [2.05, 4.69) is 30.7 Å². The third-order valence-electron chi connectivity index (χ3n) is 4.47. The summed E-state index contributed by atoms with van der Waals surface area (Å²) in [6.07, 6.45) is 2.97. The standard InChI is InChI=1S/C19H48N10/c20-2-8-26-10-9-24-6-1-7-25-11-18-29(16-5-23)19-13-27-12-17-28(14-3-21)15-4-22/h7,24,26-27H,1-6,8-23H2/b25-7+. The molecule has 0 saturated carbocycles. The summed E-state index contributed by atoms with van der Waals surface area (Å²) >= 11 is 0. The summed E-state index contributed by atoms with van der Waals surface area (Å²) in [5.74, 6) is 0. The van der Waals surface area contributed by atoms with Crippen LogP contribution in [-0.4, -0.2) is 127 Å². The third kappa shape index (κ3) is 20.4. The predicted molar refractivity (Wildman–Crippen MR) is 126 cm³/mol. The molecule has 0 radical (unpaired) electrons. The molecular formula is C19H48N10. The number of nitrogens with one attached hydrogen (secondary N) is 3. The van der Waals surface area contributed by atoms with E-state index < -0.39 is 0 Å². The zero-order valence-corrected chi connectivity index (χ0v) is 18.5. The van der Waals surface area contributed by atoms with E-state index in [1.807, 2.05) is 6.21 Å². The molecule has 10 nitrogen and oxygen atoms in total. The van der Waals surface area contributed by atoms with Crippen LogP contribution in [0.4, 0.5) is 0 Å². The lowest BCUT2D eigenvalue weighted by Crippen LogP contribution is -2.41. The molecule has 0 aliphatic heterocycles. The Labute approximate surface area is 178 Å². The highest BCUT2D eigenvalue weighted by Crippen LogP contribution is 1.88. The maximum Gasteiger partial charge on any atom is 0.0512 e. The van der Waals surface area contributed by atoms with Crippen molar-refractivity contribution in [1.29, 1.82) is 0 Å². The molecule has 0 atom stereocenters. The minimum Gasteiger partial charge on any atom is -0.329 e. The number of nitrogens with zero attached hydrogens (tertiary/aromatic N) is 3. The molecule has 0 amide bonds. The monoisotopic (exact) mass is 416 g/mol. The van der Waals surface area contributed by atoms with Crippen LogP contribution in [-0.2, 0) is 0 Å². The van der Waals surface area contributed by atoms with Crippen molar-refractivity contribution in [2.45, 2.75) is 6.42 Å². The summed E-state index contributed by atoms with van der Waals surface area (Å²) < 4.78 is 0. The van der Waals surface area contributed by atoms with Crippen molar-refractivity contribution >= 4 is 6.21 Å². The van der Waals surface area contributed by atoms with Crippen LogP contribution >= 0.6 is 0 Å². The van der Waals surface area contributed by atoms with Gasteiger partial charge in [-0.2, -0.15) is 0 Å². The topological polar surface area (TPSA) is 159 Å². The predicted octanol–water partition coefficient (Wildman–Crippen LogP) is -3.35. The van der Waals surface area contributed by atoms with Crippen molar-refractivity contribution in [3.63, 3.8) is 0 Å². The van der Waals surface area contributed by atoms with Gasteiger partial charge in [-0.05, 0) is 12.6 Å². The molecular weight excluding hydrogens is 368 g/mol. The summed E-state index contributed by atoms with van der Waals surface area (Å²) in [5, 5.41) is 10.1. The molecule has 0 heterocycles. The molecule has 0 saturated heterocycles. The fraction of sp³-hybridized carbons (Fsp3) is 0.947. The molecule has 0 spiro atoms. The lowest BCUT2D eigenvalue weighted by Gasteiger charge is -2.23. The van der Waals surface area contributed by atoms with Gasteiger partial charge in [-0.3, -0.25) is 14.8 Å². The zero-order valence-electron chi connectivity index (χ0n) is 18.5. The average Bonchev–Trinajstić information content (AvgIpc) is 2.72. The number of hydrogen-bond donors (Lipinski definition) is 7. The van der Waals surface area contributed by atoms with Crippen LogP contribution in [0.2, 0.25) is 0 Å². The summed E-state index contributed by atoms with van der Waals surface area (Å²) in [4.78, 5) is 9.18. The lowest BCUT2D eigenvalue weighted by molar-refractivity contribution is 0.270. The molecule has 10 heteroatoms. The van der Waals surface area contributed by atoms with Crippen LogP contribution in [0.1, 0.15) is 6.42 Å². The van der Waals surface area contributed by atoms with E-state index >= 15 is 0 Å². The van der Waals surface area contributed by atoms with Gasteiger partial charge in [0, 0.05) is 105 Å². The number of hydrogen-bond acceptors (Lipinski definition) is 10. The molecule has 0 fully saturated rings. The zero-order chi connectivity index (χ0) is 21.4. The smallest absolute Gasteiger partial charge is 0.0512 e. The second kappa shape index (κ2) is 23.6. The van der Waals surface area contributed by atoms with E-state index in [-0.39, 0.29) is 0 Å². The van der Waals surface area contributed by atoms with Crippen LogP contribution in [0.15, 0.2) is 4.99 Å². The van der Waals surface area contributed by atoms with Crippen LogP contribution < -0.4 is 38.9 Å². The van der Waals surface area contributed by atoms with Gasteiger partial charge in [0.2, 0.25) is 0 Å². The van der Waals surface area contributed by atoms with Gasteiger partial charge in [-0.25, -0.2) is 0 Å². The first-order valence-electron chi connectivity index (χ1n) is 11.1. The van der Waals surface area contributed by atoms with Gasteiger partial charge in [0.15, 0.2) is 0 Å². The van der Waals surface area contributed by atoms with Crippen molar-refractivity contribution in [3.8, 4) is 0 Å². The minimum atomic E-state index is 0.673. The van der Waals surface area contributed by atoms with Crippen LogP contribution in [0.25, 0.3) is 0 Å². The van der Waals surface area contributed by atoms with Crippen molar-refractivity contribution in [1.82, 2.24) is 25.8 Å². The normalized spacial score (nSPS) is 12.1. The SMILES string of the molecule is NCCNCCNCC/C=N/CCN(CCN)CCNCCN(CCN)CCN. The van der Waals surface area contributed by atoms with Gasteiger partial charge in [0.1, 0.15) is 0 Å². The summed E-state index contributed by atoms with van der Waals surface area (Å²) in [6, 6.07) is 0. The fourth-order valence-corrected chi connectivity index (χ4v) is 2.90. The number of aliphatic imine (C=N–C) groups is 1. The molecule has 0 aromatic carbocycles. The van der Waals surface area contributed by atoms with E-state index in [0.717, 1.165) is 91.5 Å². The summed E-state index contributed by atoms with van der Waals surface area (Å²) in [5.41, 5.74) is 22.4. The Morgan fingerprint density at radius 2 is 1.07 bits per heavy atom. The highest BCUT2D eigenvalue weighted by molar-refractivity contribution is 5.57. The van der Waals surface area contributed by atoms with E-state index in [1.54, 1.807) is 0 Å². The van der Waals surface area contributed by atoms with Crippen molar-refractivity contribution < 1.29 is 0 Å². The second-order valence-electron chi connectivity index (χ2n) is 6.97. The largest absolute Gasteiger partial charge is 0.329 e. The van der Waals surface area contributed by atoms with Gasteiger partial charge in [-0.15, -0.1) is 0 Å². The highest BCUT2D eigenvalue weighted by atomic mass is 15.2. The molecule has 0 rings (SSSR count). The van der Waals surface area contributed by atoms with Crippen LogP contribution in [0.3, 0.4) is 0 Å². The maximum absolute atomic E-state index is 5.74. The lowest BCUT2D eigenvalue weighted by atomic mass is 10.4. The molecule has 29 heavy (non-hydrogen) atoms. The van der Waals surface area contributed by atoms with Gasteiger partial charge in [0.05, 0.1) is 6.54 Å². The quantitative estimate of drug-likeness (QED) is 0.0667. The number of nitrogens with two attached hydrogens (primary N) is 4. The van der Waals surface area contributed by atoms with E-state index in [1.165, 1.54) is 0 Å². The maximum atomic E-state index is 5.74. The molecule has 0 aromatic rings. The first-order chi connectivity index (χ1) is 14.3. The molecule has 0 unspecified atom stereocenters. The minimum absolute atomic E-state index is 0.673. The van der Waals surface area contributed by atoms with Crippen molar-refractivity contribution in [3.05, 3.63) is 0 Å². The molecule has 11 N–H and O–H groups in total. The highest BCUT2D eigenvalue weighted by Gasteiger charge is 2.04. The van der Waals surface area contributed by atoms with Gasteiger partial charge >= 0.3 is 0 Å². The molecule has 0 bridgehead atoms. The third-order valence-corrected chi connectivity index (χ3v) is 4.47. The Morgan fingerprint density at radius 1 is 0.552 bits per heavy atom. The Hall–Kier alpha value is -0.690. The van der Waals surface area contributed by atoms with E-state index in [4.69, 9.17) is 22.9 Å². The average molecular weight is 417 g/mol. The fourth-order valence-electron chi connectivity index (χ4n) is 2.90. The van der Waals surface area contributed by atoms with Gasteiger partial charge in [0.25, 0.3) is 0 Å². The first kappa shape index (κ1) is 28.3. The van der Waals surface area contributed by atoms with Gasteiger partial charge < -0.3 is 38.9 Å².